The maximum Gasteiger partial charge on any atom is 0.237 e. The molecule has 0 fully saturated rings. The molecular weight excluding hydrogens is 236 g/mol. The number of benzene rings is 2. The van der Waals surface area contributed by atoms with Crippen molar-refractivity contribution >= 4 is 11.4 Å². The zero-order valence-corrected chi connectivity index (χ0v) is 10.0. The van der Waals surface area contributed by atoms with Crippen LogP contribution in [0, 0.1) is 22.7 Å². The molecule has 0 heterocycles. The zero-order chi connectivity index (χ0) is 13.5. The average Bonchev–Trinajstić information content (AvgIpc) is 2.49. The van der Waals surface area contributed by atoms with Gasteiger partial charge < -0.3 is 0 Å². The molecule has 0 bridgehead atoms. The summed E-state index contributed by atoms with van der Waals surface area (Å²) in [5, 5.41) is 21.1. The molecule has 0 amide bonds. The Balaban J connectivity index is 2.36. The first-order valence-electron chi connectivity index (χ1n) is 5.63. The highest BCUT2D eigenvalue weighted by atomic mass is 15.3. The normalized spacial score (nSPS) is 8.95. The summed E-state index contributed by atoms with van der Waals surface area (Å²) in [6.45, 7) is 0. The fourth-order valence-electron chi connectivity index (χ4n) is 1.64. The Morgan fingerprint density at radius 2 is 1.53 bits per heavy atom. The lowest BCUT2D eigenvalue weighted by Gasteiger charge is -2.08. The number of hydrazone groups is 1. The minimum absolute atomic E-state index is 0.206. The largest absolute Gasteiger partial charge is 0.276 e. The van der Waals surface area contributed by atoms with E-state index in [4.69, 9.17) is 10.5 Å². The first kappa shape index (κ1) is 12.3. The number of anilines is 1. The van der Waals surface area contributed by atoms with Crippen LogP contribution in [0.3, 0.4) is 0 Å². The highest BCUT2D eigenvalue weighted by Gasteiger charge is 2.03. The van der Waals surface area contributed by atoms with Crippen LogP contribution in [0.5, 0.6) is 0 Å². The fourth-order valence-corrected chi connectivity index (χ4v) is 1.64. The SMILES string of the molecule is N#CC(C#N)=NNc1ccccc1-c1ccccc1. The van der Waals surface area contributed by atoms with Gasteiger partial charge in [0.25, 0.3) is 0 Å². The molecule has 1 N–H and O–H groups in total. The third kappa shape index (κ3) is 2.96. The molecular formula is C15H10N4. The minimum atomic E-state index is -0.206. The van der Waals surface area contributed by atoms with Crippen LogP contribution < -0.4 is 5.43 Å². The predicted octanol–water partition coefficient (Wildman–Crippen LogP) is 3.17. The van der Waals surface area contributed by atoms with Crippen molar-refractivity contribution in [1.29, 1.82) is 10.5 Å². The Bertz CT molecular complexity index is 659. The smallest absolute Gasteiger partial charge is 0.237 e. The van der Waals surface area contributed by atoms with E-state index in [0.717, 1.165) is 16.8 Å². The highest BCUT2D eigenvalue weighted by molar-refractivity contribution is 6.10. The molecule has 4 heteroatoms. The quantitative estimate of drug-likeness (QED) is 0.667. The van der Waals surface area contributed by atoms with Gasteiger partial charge in [0, 0.05) is 5.56 Å². The van der Waals surface area contributed by atoms with Crippen LogP contribution in [-0.2, 0) is 0 Å². The Morgan fingerprint density at radius 3 is 2.21 bits per heavy atom. The molecule has 90 valence electrons. The Labute approximate surface area is 111 Å². The minimum Gasteiger partial charge on any atom is -0.276 e. The van der Waals surface area contributed by atoms with Gasteiger partial charge in [-0.25, -0.2) is 0 Å². The lowest BCUT2D eigenvalue weighted by molar-refractivity contribution is 1.34. The van der Waals surface area contributed by atoms with E-state index >= 15 is 0 Å². The topological polar surface area (TPSA) is 72.0 Å². The lowest BCUT2D eigenvalue weighted by atomic mass is 10.0. The van der Waals surface area contributed by atoms with Crippen LogP contribution in [-0.4, -0.2) is 5.71 Å². The van der Waals surface area contributed by atoms with Crippen molar-refractivity contribution in [2.24, 2.45) is 5.10 Å². The molecule has 0 radical (unpaired) electrons. The number of nitrogens with one attached hydrogen (secondary N) is 1. The standard InChI is InChI=1S/C15H10N4/c16-10-13(11-17)18-19-15-9-5-4-8-14(15)12-6-2-1-3-7-12/h1-9,19H. The Morgan fingerprint density at radius 1 is 0.895 bits per heavy atom. The molecule has 2 rings (SSSR count). The number of nitriles is 2. The van der Waals surface area contributed by atoms with Gasteiger partial charge in [-0.1, -0.05) is 48.5 Å². The van der Waals surface area contributed by atoms with Gasteiger partial charge >= 0.3 is 0 Å². The second kappa shape index (κ2) is 6.00. The Hall–Kier alpha value is -3.11. The molecule has 0 atom stereocenters. The van der Waals surface area contributed by atoms with Crippen LogP contribution in [0.1, 0.15) is 0 Å². The first-order chi connectivity index (χ1) is 9.35. The van der Waals surface area contributed by atoms with Crippen molar-refractivity contribution in [3.8, 4) is 23.3 Å². The van der Waals surface area contributed by atoms with E-state index in [1.54, 1.807) is 12.1 Å². The van der Waals surface area contributed by atoms with E-state index in [1.807, 2.05) is 54.6 Å². The van der Waals surface area contributed by atoms with Crippen LogP contribution in [0.2, 0.25) is 0 Å². The number of para-hydroxylation sites is 1. The van der Waals surface area contributed by atoms with Crippen molar-refractivity contribution in [1.82, 2.24) is 0 Å². The van der Waals surface area contributed by atoms with Crippen molar-refractivity contribution in [2.45, 2.75) is 0 Å². The molecule has 2 aromatic carbocycles. The van der Waals surface area contributed by atoms with Crippen LogP contribution in [0.25, 0.3) is 11.1 Å². The fraction of sp³-hybridized carbons (Fsp3) is 0. The summed E-state index contributed by atoms with van der Waals surface area (Å²) >= 11 is 0. The van der Waals surface area contributed by atoms with Crippen molar-refractivity contribution in [3.63, 3.8) is 0 Å². The molecule has 0 aliphatic heterocycles. The van der Waals surface area contributed by atoms with Gasteiger partial charge in [-0.2, -0.15) is 15.6 Å². The summed E-state index contributed by atoms with van der Waals surface area (Å²) in [6, 6.07) is 20.8. The summed E-state index contributed by atoms with van der Waals surface area (Å²) in [7, 11) is 0. The summed E-state index contributed by atoms with van der Waals surface area (Å²) in [5.41, 5.74) is 5.30. The molecule has 0 spiro atoms. The lowest BCUT2D eigenvalue weighted by Crippen LogP contribution is -1.97. The van der Waals surface area contributed by atoms with Crippen molar-refractivity contribution in [3.05, 3.63) is 54.6 Å². The van der Waals surface area contributed by atoms with Crippen LogP contribution in [0.15, 0.2) is 59.7 Å². The summed E-state index contributed by atoms with van der Waals surface area (Å²) in [4.78, 5) is 0. The maximum absolute atomic E-state index is 8.65. The molecule has 19 heavy (non-hydrogen) atoms. The van der Waals surface area contributed by atoms with E-state index in [0.29, 0.717) is 0 Å². The van der Waals surface area contributed by atoms with Crippen molar-refractivity contribution in [2.75, 3.05) is 5.43 Å². The monoisotopic (exact) mass is 246 g/mol. The molecule has 4 nitrogen and oxygen atoms in total. The number of rotatable bonds is 3. The molecule has 0 unspecified atom stereocenters. The molecule has 0 aromatic heterocycles. The summed E-state index contributed by atoms with van der Waals surface area (Å²) < 4.78 is 0. The molecule has 0 saturated heterocycles. The summed E-state index contributed by atoms with van der Waals surface area (Å²) in [6.07, 6.45) is 0. The van der Waals surface area contributed by atoms with E-state index in [1.165, 1.54) is 0 Å². The van der Waals surface area contributed by atoms with Gasteiger partial charge in [0.05, 0.1) is 5.69 Å². The molecule has 2 aromatic rings. The van der Waals surface area contributed by atoms with Gasteiger partial charge in [0.2, 0.25) is 5.71 Å². The number of nitrogens with zero attached hydrogens (tertiary/aromatic N) is 3. The third-order valence-electron chi connectivity index (χ3n) is 2.51. The second-order valence-electron chi connectivity index (χ2n) is 3.71. The van der Waals surface area contributed by atoms with Gasteiger partial charge in [-0.15, -0.1) is 0 Å². The van der Waals surface area contributed by atoms with Gasteiger partial charge in [0.15, 0.2) is 0 Å². The van der Waals surface area contributed by atoms with E-state index in [9.17, 15) is 0 Å². The Kier molecular flexibility index (Phi) is 3.90. The predicted molar refractivity (Wildman–Crippen MR) is 74.2 cm³/mol. The molecule has 0 aliphatic carbocycles. The van der Waals surface area contributed by atoms with E-state index in [-0.39, 0.29) is 5.71 Å². The third-order valence-corrected chi connectivity index (χ3v) is 2.51. The van der Waals surface area contributed by atoms with E-state index in [2.05, 4.69) is 10.5 Å². The zero-order valence-electron chi connectivity index (χ0n) is 10.0. The number of hydrogen-bond donors (Lipinski definition) is 1. The average molecular weight is 246 g/mol. The maximum atomic E-state index is 8.65. The van der Waals surface area contributed by atoms with Gasteiger partial charge in [-0.05, 0) is 11.6 Å². The van der Waals surface area contributed by atoms with Gasteiger partial charge in [0.1, 0.15) is 12.1 Å². The van der Waals surface area contributed by atoms with Gasteiger partial charge in [-0.3, -0.25) is 5.43 Å². The molecule has 0 aliphatic rings. The number of hydrogen-bond acceptors (Lipinski definition) is 4. The highest BCUT2D eigenvalue weighted by Crippen LogP contribution is 2.27. The summed E-state index contributed by atoms with van der Waals surface area (Å²) in [5.74, 6) is 0. The first-order valence-corrected chi connectivity index (χ1v) is 5.63. The molecule has 0 saturated carbocycles. The van der Waals surface area contributed by atoms with Crippen LogP contribution >= 0.6 is 0 Å². The van der Waals surface area contributed by atoms with Crippen molar-refractivity contribution < 1.29 is 0 Å². The van der Waals surface area contributed by atoms with E-state index < -0.39 is 0 Å². The second-order valence-corrected chi connectivity index (χ2v) is 3.71. The van der Waals surface area contributed by atoms with Crippen LogP contribution in [0.4, 0.5) is 5.69 Å².